The van der Waals surface area contributed by atoms with Gasteiger partial charge in [-0.1, -0.05) is 124 Å². The third-order valence-corrected chi connectivity index (χ3v) is 13.3. The summed E-state index contributed by atoms with van der Waals surface area (Å²) in [5.74, 6) is -3.99. The molecule has 0 saturated carbocycles. The molecular formula is C56H85N3O21. The van der Waals surface area contributed by atoms with E-state index < -0.39 is 159 Å². The Morgan fingerprint density at radius 2 is 1.29 bits per heavy atom. The summed E-state index contributed by atoms with van der Waals surface area (Å²) in [6.45, 7) is 13.2. The minimum absolute atomic E-state index is 0.152. The molecule has 2 fully saturated rings. The van der Waals surface area contributed by atoms with Crippen LogP contribution in [0.1, 0.15) is 79.1 Å². The monoisotopic (exact) mass is 1140 g/mol. The first-order valence-electron chi connectivity index (χ1n) is 26.6. The molecule has 2 bridgehead atoms. The van der Waals surface area contributed by atoms with Crippen LogP contribution in [-0.4, -0.2) is 194 Å². The summed E-state index contributed by atoms with van der Waals surface area (Å²) < 4.78 is 39.8. The number of esters is 1. The number of nitrogens with one attached hydrogen (secondary N) is 3. The highest BCUT2D eigenvalue weighted by Crippen LogP contribution is 2.37. The number of alkyl carbamates (subject to hydrolysis) is 1. The molecule has 3 rings (SSSR count). The molecule has 3 aliphatic rings. The number of aliphatic hydroxyl groups excluding tert-OH is 8. The van der Waals surface area contributed by atoms with Gasteiger partial charge < -0.3 is 89.8 Å². The zero-order chi connectivity index (χ0) is 59.4. The van der Waals surface area contributed by atoms with Crippen LogP contribution in [0.15, 0.2) is 110 Å². The fourth-order valence-corrected chi connectivity index (χ4v) is 8.93. The summed E-state index contributed by atoms with van der Waals surface area (Å²) in [7, 11) is 1.16. The van der Waals surface area contributed by atoms with Crippen molar-refractivity contribution in [3.63, 3.8) is 0 Å². The third-order valence-electron chi connectivity index (χ3n) is 13.3. The van der Waals surface area contributed by atoms with Crippen LogP contribution in [0.3, 0.4) is 0 Å². The van der Waals surface area contributed by atoms with Gasteiger partial charge in [0.25, 0.3) is 0 Å². The molecule has 0 aliphatic carbocycles. The van der Waals surface area contributed by atoms with Crippen LogP contribution < -0.4 is 16.1 Å². The lowest BCUT2D eigenvalue weighted by molar-refractivity contribution is -0.303. The van der Waals surface area contributed by atoms with Gasteiger partial charge in [-0.3, -0.25) is 9.63 Å². The maximum atomic E-state index is 13.2. The molecule has 3 amide bonds. The predicted molar refractivity (Wildman–Crippen MR) is 289 cm³/mol. The van der Waals surface area contributed by atoms with Crippen molar-refractivity contribution in [1.29, 1.82) is 0 Å². The number of cyclic esters (lactones) is 1. The molecule has 24 heteroatoms. The molecule has 450 valence electrons. The number of allylic oxidation sites excluding steroid dienone is 12. The molecule has 19 atom stereocenters. The molecule has 0 aromatic carbocycles. The number of ether oxygens (including phenoxy) is 7. The van der Waals surface area contributed by atoms with Crippen LogP contribution in [0.25, 0.3) is 0 Å². The van der Waals surface area contributed by atoms with E-state index >= 15 is 0 Å². The van der Waals surface area contributed by atoms with Gasteiger partial charge in [0.1, 0.15) is 37.6 Å². The van der Waals surface area contributed by atoms with Gasteiger partial charge in [0.15, 0.2) is 12.1 Å². The molecule has 0 aromatic heterocycles. The fourth-order valence-electron chi connectivity index (χ4n) is 8.93. The number of urea groups is 1. The van der Waals surface area contributed by atoms with Crippen LogP contribution in [0, 0.1) is 11.8 Å². The number of hydrogen-bond donors (Lipinski definition) is 12. The highest BCUT2D eigenvalue weighted by atomic mass is 16.7. The van der Waals surface area contributed by atoms with Gasteiger partial charge in [-0.2, -0.15) is 0 Å². The Bertz CT molecular complexity index is 2130. The Morgan fingerprint density at radius 3 is 1.90 bits per heavy atom. The number of aliphatic hydroxyl groups is 9. The van der Waals surface area contributed by atoms with E-state index in [1.165, 1.54) is 25.2 Å². The Balaban J connectivity index is 2.08. The molecule has 2 saturated heterocycles. The molecule has 24 nitrogen and oxygen atoms in total. The topological polar surface area (TPSA) is 360 Å². The molecular weight excluding hydrogens is 1050 g/mol. The summed E-state index contributed by atoms with van der Waals surface area (Å²) in [6, 6.07) is -3.72. The third kappa shape index (κ3) is 24.6. The molecule has 0 spiro atoms. The van der Waals surface area contributed by atoms with E-state index in [2.05, 4.69) is 29.3 Å². The van der Waals surface area contributed by atoms with Crippen LogP contribution in [0.5, 0.6) is 0 Å². The van der Waals surface area contributed by atoms with E-state index in [0.29, 0.717) is 0 Å². The van der Waals surface area contributed by atoms with E-state index in [9.17, 15) is 65.1 Å². The number of hydroxylamine groups is 1. The first kappa shape index (κ1) is 68.7. The maximum Gasteiger partial charge on any atom is 0.508 e. The van der Waals surface area contributed by atoms with Gasteiger partial charge >= 0.3 is 24.2 Å². The van der Waals surface area contributed by atoms with Crippen molar-refractivity contribution >= 4 is 24.2 Å². The van der Waals surface area contributed by atoms with E-state index in [-0.39, 0.29) is 44.8 Å². The SMILES string of the molecule is C=CCOC(=O)N[C@@H]1[C@H](O)[C@H](O[C@H]2/C=C/C=C/C=C/C=C/C=C/C=C/C=C/[C@H](C)[C@@H](O)[C@@H](C)[C@H](C)OC(=O)C[C@H](O)C[C@H](O)CC[C@@H](O)[C@H](O)C[C@H](O)C[C@]3(O)C[C@H](OC(=O)OCC=C)[C@@H](NC(=O)NOC)[C@H](C2)O3)O[C@H](C)[C@H]1O. The van der Waals surface area contributed by atoms with Crippen molar-refractivity contribution in [2.24, 2.45) is 11.8 Å². The summed E-state index contributed by atoms with van der Waals surface area (Å²) in [5.41, 5.74) is 2.10. The first-order valence-corrected chi connectivity index (χ1v) is 26.6. The lowest BCUT2D eigenvalue weighted by atomic mass is 9.86. The van der Waals surface area contributed by atoms with Gasteiger partial charge in [-0.05, 0) is 33.1 Å². The van der Waals surface area contributed by atoms with E-state index in [0.717, 1.165) is 7.11 Å². The average Bonchev–Trinajstić information content (AvgIpc) is 3.39. The predicted octanol–water partition coefficient (Wildman–Crippen LogP) is 2.54. The highest BCUT2D eigenvalue weighted by molar-refractivity contribution is 5.73. The molecule has 0 unspecified atom stereocenters. The number of fused-ring (bicyclic) bond motifs is 2. The van der Waals surface area contributed by atoms with Crippen LogP contribution in [0.2, 0.25) is 0 Å². The molecule has 80 heavy (non-hydrogen) atoms. The average molecular weight is 1140 g/mol. The molecule has 3 aliphatic heterocycles. The Hall–Kier alpha value is -5.58. The smallest absolute Gasteiger partial charge is 0.462 e. The Morgan fingerprint density at radius 1 is 0.688 bits per heavy atom. The minimum Gasteiger partial charge on any atom is -0.462 e. The second kappa shape index (κ2) is 36.0. The van der Waals surface area contributed by atoms with Gasteiger partial charge in [0.2, 0.25) is 0 Å². The zero-order valence-corrected chi connectivity index (χ0v) is 46.0. The second-order valence-corrected chi connectivity index (χ2v) is 19.9. The molecule has 0 radical (unpaired) electrons. The standard InChI is InChI=1S/C56H85N3O21/c1-8-26-74-54(70)58-48-50(67)37(6)77-52(51(48)68)78-41-23-21-19-17-15-13-11-10-12-14-16-18-20-22-34(3)49(66)35(4)36(5)76-46(65)30-39(61)28-38(60)24-25-42(63)43(64)29-40(62)32-56(72)33-45(79-55(71)75-27-9-2)47(44(31-41)80-56)57-53(69)59-73-7/h8-23,34-45,47-52,60-64,66-68,72H,1-2,24-33H2,3-7H3,(H,58,70)(H2,57,59,69)/b11-10+,14-12+,15-13+,18-16+,19-17+,22-20+,23-21+/t34-,35-,36-,37+,38+,39+,40-,41-,42+,43+,44-,45-,47-,48-,49+,50+,51-,52-,56+/m0/s1. The summed E-state index contributed by atoms with van der Waals surface area (Å²) >= 11 is 0. The van der Waals surface area contributed by atoms with E-state index in [1.54, 1.807) is 86.8 Å². The number of carbonyl (C=O) groups is 4. The lowest BCUT2D eigenvalue weighted by Crippen LogP contribution is -2.65. The number of carbonyl (C=O) groups excluding carboxylic acids is 4. The maximum absolute atomic E-state index is 13.2. The first-order chi connectivity index (χ1) is 38.0. The minimum atomic E-state index is -2.44. The van der Waals surface area contributed by atoms with Crippen LogP contribution >= 0.6 is 0 Å². The van der Waals surface area contributed by atoms with Crippen molar-refractivity contribution in [3.8, 4) is 0 Å². The second-order valence-electron chi connectivity index (χ2n) is 19.9. The zero-order valence-electron chi connectivity index (χ0n) is 46.0. The Labute approximate surface area is 467 Å². The number of rotatable bonds is 10. The quantitative estimate of drug-likeness (QED) is 0.0647. The van der Waals surface area contributed by atoms with Gasteiger partial charge in [0, 0.05) is 37.5 Å². The van der Waals surface area contributed by atoms with Crippen molar-refractivity contribution < 1.29 is 103 Å². The van der Waals surface area contributed by atoms with Crippen molar-refractivity contribution in [1.82, 2.24) is 16.1 Å². The normalized spacial score (nSPS) is 38.7. The van der Waals surface area contributed by atoms with Gasteiger partial charge in [-0.15, -0.1) is 0 Å². The summed E-state index contributed by atoms with van der Waals surface area (Å²) in [4.78, 5) is 56.4. The van der Waals surface area contributed by atoms with Crippen molar-refractivity contribution in [2.75, 3.05) is 20.3 Å². The van der Waals surface area contributed by atoms with Gasteiger partial charge in [-0.25, -0.2) is 19.9 Å². The van der Waals surface area contributed by atoms with E-state index in [1.807, 2.05) is 13.0 Å². The number of amides is 3. The summed E-state index contributed by atoms with van der Waals surface area (Å²) in [6.07, 6.45) is 2.00. The van der Waals surface area contributed by atoms with Crippen molar-refractivity contribution in [2.45, 2.75) is 183 Å². The number of hydrogen-bond acceptors (Lipinski definition) is 21. The fraction of sp³-hybridized carbons (Fsp3) is 0.607. The molecule has 3 heterocycles. The largest absolute Gasteiger partial charge is 0.508 e. The highest BCUT2D eigenvalue weighted by Gasteiger charge is 2.51. The van der Waals surface area contributed by atoms with E-state index in [4.69, 9.17) is 38.0 Å². The van der Waals surface area contributed by atoms with Crippen LogP contribution in [0.4, 0.5) is 14.4 Å². The van der Waals surface area contributed by atoms with Crippen molar-refractivity contribution in [3.05, 3.63) is 110 Å². The molecule has 0 aromatic rings. The molecule has 12 N–H and O–H groups in total. The Kier molecular flexibility index (Phi) is 30.9. The summed E-state index contributed by atoms with van der Waals surface area (Å²) in [5, 5.41) is 105. The van der Waals surface area contributed by atoms with Crippen LogP contribution in [-0.2, 0) is 42.8 Å². The van der Waals surface area contributed by atoms with Gasteiger partial charge in [0.05, 0.1) is 80.5 Å². The lowest BCUT2D eigenvalue weighted by Gasteiger charge is -2.47.